The number of aromatic nitrogens is 4. The van der Waals surface area contributed by atoms with Crippen LogP contribution in [0.3, 0.4) is 0 Å². The summed E-state index contributed by atoms with van der Waals surface area (Å²) in [5.41, 5.74) is 0. The fraction of sp³-hybridized carbons (Fsp3) is 0.688. The van der Waals surface area contributed by atoms with E-state index < -0.39 is 0 Å². The molecule has 126 valence electrons. The minimum Gasteiger partial charge on any atom is -0.344 e. The number of unbranched alkanes of at least 4 members (excludes halogenated alkanes) is 1. The van der Waals surface area contributed by atoms with Gasteiger partial charge in [0.15, 0.2) is 0 Å². The van der Waals surface area contributed by atoms with Crippen LogP contribution in [0.25, 0.3) is 0 Å². The van der Waals surface area contributed by atoms with Crippen molar-refractivity contribution in [1.82, 2.24) is 23.8 Å². The van der Waals surface area contributed by atoms with E-state index in [2.05, 4.69) is 48.8 Å². The Morgan fingerprint density at radius 2 is 1.91 bits per heavy atom. The largest absolute Gasteiger partial charge is 0.344 e. The highest BCUT2D eigenvalue weighted by Crippen LogP contribution is 2.19. The van der Waals surface area contributed by atoms with Crippen molar-refractivity contribution in [2.45, 2.75) is 39.7 Å². The van der Waals surface area contributed by atoms with Gasteiger partial charge in [0.2, 0.25) is 5.13 Å². The fourth-order valence-electron chi connectivity index (χ4n) is 2.94. The van der Waals surface area contributed by atoms with Crippen molar-refractivity contribution in [3.63, 3.8) is 0 Å². The van der Waals surface area contributed by atoms with Crippen molar-refractivity contribution in [1.29, 1.82) is 0 Å². The predicted octanol–water partition coefficient (Wildman–Crippen LogP) is 2.21. The molecule has 0 bridgehead atoms. The molecule has 0 atom stereocenters. The second kappa shape index (κ2) is 7.88. The summed E-state index contributed by atoms with van der Waals surface area (Å²) < 4.78 is 6.62. The van der Waals surface area contributed by atoms with Gasteiger partial charge in [-0.15, -0.1) is 0 Å². The lowest BCUT2D eigenvalue weighted by Gasteiger charge is -2.34. The molecule has 23 heavy (non-hydrogen) atoms. The number of anilines is 1. The Morgan fingerprint density at radius 3 is 2.57 bits per heavy atom. The number of piperazine rings is 1. The van der Waals surface area contributed by atoms with Gasteiger partial charge in [0.05, 0.1) is 0 Å². The van der Waals surface area contributed by atoms with Crippen LogP contribution in [0.2, 0.25) is 0 Å². The molecule has 2 aromatic rings. The molecule has 1 aliphatic rings. The van der Waals surface area contributed by atoms with Gasteiger partial charge in [-0.05, 0) is 26.3 Å². The summed E-state index contributed by atoms with van der Waals surface area (Å²) in [6, 6.07) is 0. The van der Waals surface area contributed by atoms with Crippen LogP contribution < -0.4 is 4.90 Å². The molecule has 1 aliphatic heterocycles. The first-order chi connectivity index (χ1) is 11.3. The van der Waals surface area contributed by atoms with Crippen LogP contribution in [0.4, 0.5) is 5.13 Å². The van der Waals surface area contributed by atoms with Crippen molar-refractivity contribution in [2.75, 3.05) is 37.6 Å². The number of imidazole rings is 1. The van der Waals surface area contributed by atoms with Crippen LogP contribution in [-0.2, 0) is 13.0 Å². The van der Waals surface area contributed by atoms with E-state index in [4.69, 9.17) is 0 Å². The third kappa shape index (κ3) is 4.29. The average Bonchev–Trinajstić information content (AvgIpc) is 3.21. The fourth-order valence-corrected chi connectivity index (χ4v) is 3.74. The second-order valence-electron chi connectivity index (χ2n) is 6.05. The van der Waals surface area contributed by atoms with E-state index in [0.29, 0.717) is 0 Å². The maximum Gasteiger partial charge on any atom is 0.205 e. The quantitative estimate of drug-likeness (QED) is 0.727. The first kappa shape index (κ1) is 16.4. The lowest BCUT2D eigenvalue weighted by molar-refractivity contribution is 0.251. The Morgan fingerprint density at radius 1 is 1.13 bits per heavy atom. The van der Waals surface area contributed by atoms with E-state index in [9.17, 15) is 0 Å². The van der Waals surface area contributed by atoms with Crippen LogP contribution in [0.15, 0.2) is 12.4 Å². The van der Waals surface area contributed by atoms with Gasteiger partial charge < -0.3 is 9.47 Å². The number of hydrogen-bond donors (Lipinski definition) is 0. The van der Waals surface area contributed by atoms with E-state index in [1.807, 2.05) is 6.20 Å². The molecular weight excluding hydrogens is 308 g/mol. The molecule has 0 aromatic carbocycles. The van der Waals surface area contributed by atoms with Crippen LogP contribution >= 0.6 is 11.5 Å². The van der Waals surface area contributed by atoms with Gasteiger partial charge in [-0.3, -0.25) is 4.90 Å². The van der Waals surface area contributed by atoms with Crippen molar-refractivity contribution in [3.8, 4) is 0 Å². The molecule has 0 radical (unpaired) electrons. The zero-order chi connectivity index (χ0) is 16.1. The lowest BCUT2D eigenvalue weighted by atomic mass is 10.2. The van der Waals surface area contributed by atoms with Crippen molar-refractivity contribution in [2.24, 2.45) is 0 Å². The Kier molecular flexibility index (Phi) is 5.61. The zero-order valence-electron chi connectivity index (χ0n) is 14.1. The second-order valence-corrected chi connectivity index (χ2v) is 6.78. The summed E-state index contributed by atoms with van der Waals surface area (Å²) in [6.45, 7) is 10.8. The van der Waals surface area contributed by atoms with Gasteiger partial charge >= 0.3 is 0 Å². The molecule has 7 heteroatoms. The number of rotatable bonds is 7. The molecular formula is C16H26N6S. The summed E-state index contributed by atoms with van der Waals surface area (Å²) in [4.78, 5) is 13.8. The first-order valence-corrected chi connectivity index (χ1v) is 9.31. The Bertz CT molecular complexity index is 599. The summed E-state index contributed by atoms with van der Waals surface area (Å²) in [7, 11) is 0. The third-order valence-corrected chi connectivity index (χ3v) is 5.28. The van der Waals surface area contributed by atoms with Gasteiger partial charge in [-0.2, -0.15) is 4.37 Å². The molecule has 0 spiro atoms. The van der Waals surface area contributed by atoms with Crippen LogP contribution in [-0.4, -0.2) is 56.5 Å². The van der Waals surface area contributed by atoms with E-state index in [1.165, 1.54) is 19.4 Å². The van der Waals surface area contributed by atoms with Crippen LogP contribution in [0.5, 0.6) is 0 Å². The zero-order valence-corrected chi connectivity index (χ0v) is 14.9. The van der Waals surface area contributed by atoms with Crippen LogP contribution in [0.1, 0.15) is 31.4 Å². The van der Waals surface area contributed by atoms with Crippen molar-refractivity contribution in [3.05, 3.63) is 24.0 Å². The van der Waals surface area contributed by atoms with Gasteiger partial charge in [0, 0.05) is 63.1 Å². The molecule has 6 nitrogen and oxygen atoms in total. The van der Waals surface area contributed by atoms with Crippen molar-refractivity contribution < 1.29 is 0 Å². The highest BCUT2D eigenvalue weighted by atomic mass is 32.1. The molecule has 0 aliphatic carbocycles. The maximum absolute atomic E-state index is 4.60. The molecule has 3 rings (SSSR count). The standard InChI is InChI=1S/C16H26N6S/c1-3-15-18-16(23-19-15)22-12-10-20(11-13-22)7-4-5-8-21-9-6-17-14(21)2/h6,9H,3-5,7-8,10-13H2,1-2H3. The minimum atomic E-state index is 0.923. The third-order valence-electron chi connectivity index (χ3n) is 4.46. The molecule has 0 amide bonds. The van der Waals surface area contributed by atoms with E-state index in [-0.39, 0.29) is 0 Å². The molecule has 3 heterocycles. The monoisotopic (exact) mass is 334 g/mol. The molecule has 2 aromatic heterocycles. The topological polar surface area (TPSA) is 50.1 Å². The number of hydrogen-bond acceptors (Lipinski definition) is 6. The van der Waals surface area contributed by atoms with Gasteiger partial charge in [-0.25, -0.2) is 9.97 Å². The predicted molar refractivity (Wildman–Crippen MR) is 94.1 cm³/mol. The number of nitrogens with zero attached hydrogens (tertiary/aromatic N) is 6. The lowest BCUT2D eigenvalue weighted by Crippen LogP contribution is -2.46. The summed E-state index contributed by atoms with van der Waals surface area (Å²) in [6.07, 6.45) is 7.34. The van der Waals surface area contributed by atoms with Gasteiger partial charge in [0.1, 0.15) is 11.6 Å². The van der Waals surface area contributed by atoms with Crippen molar-refractivity contribution >= 4 is 16.7 Å². The van der Waals surface area contributed by atoms with Gasteiger partial charge in [-0.1, -0.05) is 6.92 Å². The molecule has 1 saturated heterocycles. The summed E-state index contributed by atoms with van der Waals surface area (Å²) >= 11 is 1.54. The Hall–Kier alpha value is -1.47. The highest BCUT2D eigenvalue weighted by molar-refractivity contribution is 7.09. The smallest absolute Gasteiger partial charge is 0.205 e. The summed E-state index contributed by atoms with van der Waals surface area (Å²) in [5.74, 6) is 2.09. The summed E-state index contributed by atoms with van der Waals surface area (Å²) in [5, 5.41) is 1.09. The Balaban J connectivity index is 1.35. The SMILES string of the molecule is CCc1nsc(N2CCN(CCCCn3ccnc3C)CC2)n1. The van der Waals surface area contributed by atoms with E-state index in [0.717, 1.165) is 55.9 Å². The normalized spacial score (nSPS) is 16.2. The molecule has 0 unspecified atom stereocenters. The van der Waals surface area contributed by atoms with Crippen LogP contribution in [0, 0.1) is 6.92 Å². The van der Waals surface area contributed by atoms with Gasteiger partial charge in [0.25, 0.3) is 0 Å². The average molecular weight is 334 g/mol. The molecule has 1 fully saturated rings. The highest BCUT2D eigenvalue weighted by Gasteiger charge is 2.19. The van der Waals surface area contributed by atoms with E-state index in [1.54, 1.807) is 11.5 Å². The van der Waals surface area contributed by atoms with E-state index >= 15 is 0 Å². The molecule has 0 saturated carbocycles. The number of aryl methyl sites for hydroxylation is 3. The Labute approximate surface area is 142 Å². The molecule has 0 N–H and O–H groups in total. The maximum atomic E-state index is 4.60. The first-order valence-electron chi connectivity index (χ1n) is 8.54. The minimum absolute atomic E-state index is 0.923.